The third-order valence-electron chi connectivity index (χ3n) is 4.21. The van der Waals surface area contributed by atoms with Crippen LogP contribution in [0, 0.1) is 0 Å². The molecule has 0 unspecified atom stereocenters. The molecule has 106 valence electrons. The topological polar surface area (TPSA) is 54.4 Å². The van der Waals surface area contributed by atoms with Gasteiger partial charge in [0, 0.05) is 21.7 Å². The van der Waals surface area contributed by atoms with Gasteiger partial charge in [-0.2, -0.15) is 0 Å². The fourth-order valence-electron chi connectivity index (χ4n) is 3.19. The Kier molecular flexibility index (Phi) is 2.48. The smallest absolute Gasteiger partial charge is 0.197 e. The van der Waals surface area contributed by atoms with Crippen molar-refractivity contribution in [3.63, 3.8) is 0 Å². The zero-order valence-electron chi connectivity index (χ0n) is 11.9. The van der Waals surface area contributed by atoms with Crippen LogP contribution < -0.4 is 16.1 Å². The van der Waals surface area contributed by atoms with Crippen molar-refractivity contribution < 1.29 is 5.11 Å². The Morgan fingerprint density at radius 3 is 2.09 bits per heavy atom. The summed E-state index contributed by atoms with van der Waals surface area (Å²) >= 11 is 0. The van der Waals surface area contributed by atoms with Crippen LogP contribution in [-0.4, -0.2) is 5.11 Å². The highest BCUT2D eigenvalue weighted by atomic mass is 16.3. The Labute approximate surface area is 125 Å². The summed E-state index contributed by atoms with van der Waals surface area (Å²) in [7, 11) is 0. The Morgan fingerprint density at radius 1 is 0.818 bits per heavy atom. The molecule has 0 bridgehead atoms. The number of aliphatic hydroxyl groups is 1. The van der Waals surface area contributed by atoms with Gasteiger partial charge >= 0.3 is 0 Å². The Morgan fingerprint density at radius 2 is 1.41 bits per heavy atom. The number of benzene rings is 4. The molecule has 0 aliphatic heterocycles. The third kappa shape index (κ3) is 1.51. The highest BCUT2D eigenvalue weighted by molar-refractivity contribution is 6.11. The molecule has 2 aromatic carbocycles. The summed E-state index contributed by atoms with van der Waals surface area (Å²) in [5.74, 6) is -0.0112. The molecule has 0 spiro atoms. The van der Waals surface area contributed by atoms with Crippen molar-refractivity contribution in [2.75, 3.05) is 0 Å². The van der Waals surface area contributed by atoms with Crippen LogP contribution in [0.5, 0.6) is 0 Å². The van der Waals surface area contributed by atoms with Crippen LogP contribution in [0.25, 0.3) is 38.4 Å². The first kappa shape index (κ1) is 12.8. The first-order valence-corrected chi connectivity index (χ1v) is 7.03. The van der Waals surface area contributed by atoms with Crippen LogP contribution in [-0.2, 0) is 0 Å². The van der Waals surface area contributed by atoms with Gasteiger partial charge in [0.15, 0.2) is 10.9 Å². The molecule has 3 nitrogen and oxygen atoms in total. The third-order valence-corrected chi connectivity index (χ3v) is 4.21. The maximum absolute atomic E-state index is 12.7. The molecule has 0 aromatic heterocycles. The summed E-state index contributed by atoms with van der Waals surface area (Å²) < 4.78 is 0. The minimum atomic E-state index is -0.243. The zero-order chi connectivity index (χ0) is 15.4. The molecule has 0 saturated carbocycles. The molecule has 2 aromatic rings. The molecule has 0 atom stereocenters. The van der Waals surface area contributed by atoms with E-state index in [0.29, 0.717) is 21.7 Å². The second kappa shape index (κ2) is 4.28. The highest BCUT2D eigenvalue weighted by Gasteiger charge is 2.19. The SMILES string of the molecule is C/C(O)=c1\cc2c3ccccc3c(=O)c3cccc(c3-2)c1=O. The minimum absolute atomic E-state index is 0.0112. The van der Waals surface area contributed by atoms with Crippen LogP contribution in [0.15, 0.2) is 58.1 Å². The molecule has 2 aliphatic carbocycles. The molecular weight excluding hydrogens is 276 g/mol. The lowest BCUT2D eigenvalue weighted by Gasteiger charge is -2.14. The molecule has 0 fully saturated rings. The zero-order valence-corrected chi connectivity index (χ0v) is 11.9. The normalized spacial score (nSPS) is 13.1. The lowest BCUT2D eigenvalue weighted by molar-refractivity contribution is 0.498. The lowest BCUT2D eigenvalue weighted by Crippen LogP contribution is -2.28. The summed E-state index contributed by atoms with van der Waals surface area (Å²) in [6, 6.07) is 14.2. The van der Waals surface area contributed by atoms with Crippen LogP contribution >= 0.6 is 0 Å². The van der Waals surface area contributed by atoms with Crippen molar-refractivity contribution in [2.24, 2.45) is 0 Å². The monoisotopic (exact) mass is 288 g/mol. The fourth-order valence-corrected chi connectivity index (χ4v) is 3.19. The second-order valence-corrected chi connectivity index (χ2v) is 5.49. The van der Waals surface area contributed by atoms with E-state index in [1.165, 1.54) is 6.92 Å². The van der Waals surface area contributed by atoms with E-state index in [4.69, 9.17) is 0 Å². The van der Waals surface area contributed by atoms with Gasteiger partial charge in [-0.1, -0.05) is 42.5 Å². The maximum Gasteiger partial charge on any atom is 0.197 e. The average Bonchev–Trinajstić information content (AvgIpc) is 2.53. The van der Waals surface area contributed by atoms with Crippen LogP contribution in [0.4, 0.5) is 0 Å². The lowest BCUT2D eigenvalue weighted by atomic mass is 9.88. The van der Waals surface area contributed by atoms with Gasteiger partial charge in [0.05, 0.1) is 5.22 Å². The molecule has 22 heavy (non-hydrogen) atoms. The molecule has 1 N–H and O–H groups in total. The van der Waals surface area contributed by atoms with E-state index < -0.39 is 0 Å². The van der Waals surface area contributed by atoms with Gasteiger partial charge < -0.3 is 5.11 Å². The summed E-state index contributed by atoms with van der Waals surface area (Å²) in [6.07, 6.45) is 0. The van der Waals surface area contributed by atoms with Crippen molar-refractivity contribution >= 4 is 27.3 Å². The van der Waals surface area contributed by atoms with E-state index in [9.17, 15) is 14.7 Å². The van der Waals surface area contributed by atoms with E-state index in [1.807, 2.05) is 18.2 Å². The summed E-state index contributed by atoms with van der Waals surface area (Å²) in [6.45, 7) is 1.50. The predicted octanol–water partition coefficient (Wildman–Crippen LogP) is 2.66. The molecule has 0 amide bonds. The summed E-state index contributed by atoms with van der Waals surface area (Å²) in [4.78, 5) is 25.2. The van der Waals surface area contributed by atoms with Crippen LogP contribution in [0.3, 0.4) is 0 Å². The van der Waals surface area contributed by atoms with Gasteiger partial charge in [0.2, 0.25) is 0 Å². The predicted molar refractivity (Wildman–Crippen MR) is 88.7 cm³/mol. The average molecular weight is 288 g/mol. The number of aliphatic hydroxyl groups excluding tert-OH is 1. The van der Waals surface area contributed by atoms with Crippen molar-refractivity contribution in [3.8, 4) is 11.1 Å². The highest BCUT2D eigenvalue weighted by Crippen LogP contribution is 2.33. The number of rotatable bonds is 0. The Balaban J connectivity index is 2.51. The first-order chi connectivity index (χ1) is 10.6. The van der Waals surface area contributed by atoms with Crippen LogP contribution in [0.1, 0.15) is 6.92 Å². The molecular formula is C19H12O3. The standard InChI is InChI=1S/C19H12O3/c1-10(20)15-9-16-11-5-2-3-6-12(11)18(21)13-7-4-8-14(17(13)16)19(15)22/h2-9,20H,1H3/b15-10-. The van der Waals surface area contributed by atoms with Crippen LogP contribution in [0.2, 0.25) is 0 Å². The second-order valence-electron chi connectivity index (χ2n) is 5.49. The molecule has 4 rings (SSSR count). The molecule has 2 aliphatic rings. The number of hydrogen-bond acceptors (Lipinski definition) is 3. The molecule has 0 saturated heterocycles. The van der Waals surface area contributed by atoms with Gasteiger partial charge in [-0.15, -0.1) is 0 Å². The van der Waals surface area contributed by atoms with E-state index in [1.54, 1.807) is 30.3 Å². The minimum Gasteiger partial charge on any atom is -0.512 e. The van der Waals surface area contributed by atoms with Gasteiger partial charge in [-0.3, -0.25) is 9.59 Å². The van der Waals surface area contributed by atoms with E-state index in [-0.39, 0.29) is 21.8 Å². The largest absolute Gasteiger partial charge is 0.512 e. The first-order valence-electron chi connectivity index (χ1n) is 7.03. The van der Waals surface area contributed by atoms with E-state index in [2.05, 4.69) is 0 Å². The van der Waals surface area contributed by atoms with Gasteiger partial charge in [0.25, 0.3) is 0 Å². The Hall–Kier alpha value is -2.94. The molecule has 0 heterocycles. The molecule has 0 radical (unpaired) electrons. The van der Waals surface area contributed by atoms with Crippen molar-refractivity contribution in [2.45, 2.75) is 6.92 Å². The number of hydrogen-bond donors (Lipinski definition) is 1. The van der Waals surface area contributed by atoms with Crippen molar-refractivity contribution in [3.05, 3.63) is 74.2 Å². The summed E-state index contributed by atoms with van der Waals surface area (Å²) in [5.41, 5.74) is 1.20. The quantitative estimate of drug-likeness (QED) is 0.400. The van der Waals surface area contributed by atoms with Gasteiger partial charge in [-0.25, -0.2) is 0 Å². The number of fused-ring (bicyclic) bond motifs is 2. The van der Waals surface area contributed by atoms with E-state index >= 15 is 0 Å². The Bertz CT molecular complexity index is 1170. The maximum atomic E-state index is 12.7. The van der Waals surface area contributed by atoms with E-state index in [0.717, 1.165) is 10.9 Å². The fraction of sp³-hybridized carbons (Fsp3) is 0.0526. The molecule has 3 heteroatoms. The van der Waals surface area contributed by atoms with Crippen molar-refractivity contribution in [1.82, 2.24) is 0 Å². The van der Waals surface area contributed by atoms with Crippen molar-refractivity contribution in [1.29, 1.82) is 0 Å². The van der Waals surface area contributed by atoms with Gasteiger partial charge in [0.1, 0.15) is 5.76 Å². The summed E-state index contributed by atoms with van der Waals surface area (Å²) in [5, 5.41) is 12.6. The van der Waals surface area contributed by atoms with Gasteiger partial charge in [-0.05, 0) is 23.9 Å².